The van der Waals surface area contributed by atoms with Crippen LogP contribution in [0, 0.1) is 12.8 Å². The zero-order valence-electron chi connectivity index (χ0n) is 6.26. The molecule has 2 unspecified atom stereocenters. The van der Waals surface area contributed by atoms with Crippen LogP contribution in [0.2, 0.25) is 0 Å². The van der Waals surface area contributed by atoms with Gasteiger partial charge in [0.25, 0.3) is 0 Å². The number of ether oxygens (including phenoxy) is 1. The summed E-state index contributed by atoms with van der Waals surface area (Å²) in [6.45, 7) is 6.56. The first kappa shape index (κ1) is 8.92. The molecule has 0 bridgehead atoms. The quantitative estimate of drug-likeness (QED) is 0.611. The van der Waals surface area contributed by atoms with E-state index in [1.54, 1.807) is 7.11 Å². The van der Waals surface area contributed by atoms with Crippen LogP contribution in [-0.4, -0.2) is 19.8 Å². The molecule has 0 aromatic rings. The predicted octanol–water partition coefficient (Wildman–Crippen LogP) is 0.820. The summed E-state index contributed by atoms with van der Waals surface area (Å²) < 4.78 is 4.85. The zero-order chi connectivity index (χ0) is 7.28. The van der Waals surface area contributed by atoms with Gasteiger partial charge in [0, 0.05) is 19.8 Å². The molecule has 0 spiro atoms. The van der Waals surface area contributed by atoms with E-state index in [-0.39, 0.29) is 6.04 Å². The Balaban J connectivity index is 3.16. The Kier molecular flexibility index (Phi) is 4.72. The summed E-state index contributed by atoms with van der Waals surface area (Å²) in [5.41, 5.74) is 5.66. The van der Waals surface area contributed by atoms with E-state index in [0.29, 0.717) is 5.92 Å². The summed E-state index contributed by atoms with van der Waals surface area (Å²) in [5.74, 6) is 0.320. The van der Waals surface area contributed by atoms with Gasteiger partial charge in [0.1, 0.15) is 0 Å². The highest BCUT2D eigenvalue weighted by Gasteiger charge is 2.05. The van der Waals surface area contributed by atoms with Gasteiger partial charge < -0.3 is 10.5 Å². The summed E-state index contributed by atoms with van der Waals surface area (Å²) >= 11 is 0. The summed E-state index contributed by atoms with van der Waals surface area (Å²) in [6.07, 6.45) is 0.904. The highest BCUT2D eigenvalue weighted by Crippen LogP contribution is 2.01. The molecule has 0 saturated carbocycles. The number of nitrogens with two attached hydrogens (primary N) is 1. The van der Waals surface area contributed by atoms with Crippen molar-refractivity contribution in [2.24, 2.45) is 11.7 Å². The Morgan fingerprint density at radius 3 is 2.56 bits per heavy atom. The minimum atomic E-state index is 0.185. The average molecular weight is 130 g/mol. The summed E-state index contributed by atoms with van der Waals surface area (Å²) in [7, 11) is 1.68. The van der Waals surface area contributed by atoms with Crippen LogP contribution in [0.4, 0.5) is 0 Å². The second kappa shape index (κ2) is 4.77. The molecule has 0 amide bonds. The normalized spacial score (nSPS) is 14.3. The van der Waals surface area contributed by atoms with Crippen LogP contribution in [-0.2, 0) is 4.74 Å². The Bertz CT molecular complexity index is 63.9. The Labute approximate surface area is 57.4 Å². The molecule has 9 heavy (non-hydrogen) atoms. The molecule has 0 heterocycles. The molecule has 0 aromatic heterocycles. The van der Waals surface area contributed by atoms with Crippen molar-refractivity contribution in [3.05, 3.63) is 6.92 Å². The maximum Gasteiger partial charge on any atom is 0.0477 e. The fraction of sp³-hybridized carbons (Fsp3) is 0.857. The minimum Gasteiger partial charge on any atom is -0.385 e. The molecular formula is C7H16NO. The second-order valence-corrected chi connectivity index (χ2v) is 2.42. The molecule has 0 aliphatic carbocycles. The molecule has 0 rings (SSSR count). The van der Waals surface area contributed by atoms with Gasteiger partial charge in [-0.2, -0.15) is 0 Å². The molecule has 2 nitrogen and oxygen atoms in total. The van der Waals surface area contributed by atoms with Crippen LogP contribution in [0.5, 0.6) is 0 Å². The van der Waals surface area contributed by atoms with Crippen LogP contribution in [0.3, 0.4) is 0 Å². The Morgan fingerprint density at radius 2 is 2.22 bits per heavy atom. The molecule has 0 aliphatic rings. The van der Waals surface area contributed by atoms with Crippen molar-refractivity contribution >= 4 is 0 Å². The van der Waals surface area contributed by atoms with E-state index in [1.807, 2.05) is 6.92 Å². The van der Waals surface area contributed by atoms with Crippen molar-refractivity contribution in [2.75, 3.05) is 13.7 Å². The molecule has 0 fully saturated rings. The standard InChI is InChI=1S/C7H16NO/c1-6(2)7(8)4-5-9-3/h6-7H,1,4-5,8H2,2-3H3. The second-order valence-electron chi connectivity index (χ2n) is 2.42. The van der Waals surface area contributed by atoms with Crippen molar-refractivity contribution in [2.45, 2.75) is 19.4 Å². The maximum atomic E-state index is 5.66. The SMILES string of the molecule is [CH2]C(C)C(N)CCOC. The lowest BCUT2D eigenvalue weighted by Gasteiger charge is -2.13. The van der Waals surface area contributed by atoms with Gasteiger partial charge in [-0.25, -0.2) is 0 Å². The predicted molar refractivity (Wildman–Crippen MR) is 39.0 cm³/mol. The van der Waals surface area contributed by atoms with E-state index >= 15 is 0 Å². The lowest BCUT2D eigenvalue weighted by atomic mass is 10.0. The third kappa shape index (κ3) is 4.43. The monoisotopic (exact) mass is 130 g/mol. The smallest absolute Gasteiger partial charge is 0.0477 e. The largest absolute Gasteiger partial charge is 0.385 e. The third-order valence-corrected chi connectivity index (χ3v) is 1.39. The van der Waals surface area contributed by atoms with Crippen molar-refractivity contribution in [1.29, 1.82) is 0 Å². The highest BCUT2D eigenvalue weighted by atomic mass is 16.5. The van der Waals surface area contributed by atoms with Gasteiger partial charge in [0.05, 0.1) is 0 Å². The number of hydrogen-bond donors (Lipinski definition) is 1. The lowest BCUT2D eigenvalue weighted by Crippen LogP contribution is -2.27. The summed E-state index contributed by atoms with van der Waals surface area (Å²) in [6, 6.07) is 0.185. The van der Waals surface area contributed by atoms with Gasteiger partial charge in [0.2, 0.25) is 0 Å². The fourth-order valence-corrected chi connectivity index (χ4v) is 0.538. The fourth-order valence-electron chi connectivity index (χ4n) is 0.538. The molecule has 2 heteroatoms. The molecule has 0 aliphatic heterocycles. The Hall–Kier alpha value is -0.0800. The molecule has 0 aromatic carbocycles. The van der Waals surface area contributed by atoms with Crippen molar-refractivity contribution < 1.29 is 4.74 Å². The first-order valence-corrected chi connectivity index (χ1v) is 3.26. The minimum absolute atomic E-state index is 0.185. The third-order valence-electron chi connectivity index (χ3n) is 1.39. The van der Waals surface area contributed by atoms with Gasteiger partial charge >= 0.3 is 0 Å². The van der Waals surface area contributed by atoms with Crippen LogP contribution in [0.1, 0.15) is 13.3 Å². The van der Waals surface area contributed by atoms with Crippen LogP contribution >= 0.6 is 0 Å². The maximum absolute atomic E-state index is 5.66. The van der Waals surface area contributed by atoms with Gasteiger partial charge in [-0.15, -0.1) is 0 Å². The Morgan fingerprint density at radius 1 is 1.67 bits per heavy atom. The molecule has 0 saturated heterocycles. The first-order chi connectivity index (χ1) is 4.18. The number of rotatable bonds is 4. The van der Waals surface area contributed by atoms with E-state index in [4.69, 9.17) is 10.5 Å². The molecule has 2 N–H and O–H groups in total. The van der Waals surface area contributed by atoms with E-state index in [2.05, 4.69) is 6.92 Å². The lowest BCUT2D eigenvalue weighted by molar-refractivity contribution is 0.183. The van der Waals surface area contributed by atoms with Crippen molar-refractivity contribution in [3.63, 3.8) is 0 Å². The van der Waals surface area contributed by atoms with Crippen molar-refractivity contribution in [1.82, 2.24) is 0 Å². The summed E-state index contributed by atoms with van der Waals surface area (Å²) in [4.78, 5) is 0. The van der Waals surface area contributed by atoms with Gasteiger partial charge in [-0.1, -0.05) is 6.92 Å². The van der Waals surface area contributed by atoms with Crippen molar-refractivity contribution in [3.8, 4) is 0 Å². The average Bonchev–Trinajstić information content (AvgIpc) is 1.82. The van der Waals surface area contributed by atoms with Crippen LogP contribution < -0.4 is 5.73 Å². The topological polar surface area (TPSA) is 35.2 Å². The summed E-state index contributed by atoms with van der Waals surface area (Å²) in [5, 5.41) is 0. The van der Waals surface area contributed by atoms with E-state index in [1.165, 1.54) is 0 Å². The van der Waals surface area contributed by atoms with E-state index < -0.39 is 0 Å². The van der Waals surface area contributed by atoms with E-state index in [9.17, 15) is 0 Å². The molecule has 1 radical (unpaired) electrons. The van der Waals surface area contributed by atoms with Gasteiger partial charge in [-0.3, -0.25) is 0 Å². The highest BCUT2D eigenvalue weighted by molar-refractivity contribution is 4.69. The van der Waals surface area contributed by atoms with E-state index in [0.717, 1.165) is 13.0 Å². The van der Waals surface area contributed by atoms with Gasteiger partial charge in [-0.05, 0) is 19.3 Å². The first-order valence-electron chi connectivity index (χ1n) is 3.26. The number of hydrogen-bond acceptors (Lipinski definition) is 2. The van der Waals surface area contributed by atoms with Crippen LogP contribution in [0.25, 0.3) is 0 Å². The number of methoxy groups -OCH3 is 1. The van der Waals surface area contributed by atoms with Gasteiger partial charge in [0.15, 0.2) is 0 Å². The molecular weight excluding hydrogens is 114 g/mol. The molecule has 2 atom stereocenters. The van der Waals surface area contributed by atoms with Crippen LogP contribution in [0.15, 0.2) is 0 Å². The molecule has 55 valence electrons. The zero-order valence-corrected chi connectivity index (χ0v) is 6.26.